The molecule has 1 rings (SSSR count). The highest BCUT2D eigenvalue weighted by Crippen LogP contribution is 2.22. The van der Waals surface area contributed by atoms with Crippen LogP contribution in [0.3, 0.4) is 0 Å². The number of halogens is 3. The van der Waals surface area contributed by atoms with Crippen molar-refractivity contribution >= 4 is 0 Å². The fraction of sp³-hybridized carbons (Fsp3) is 0.571. The highest BCUT2D eigenvalue weighted by Gasteiger charge is 2.25. The zero-order valence-corrected chi connectivity index (χ0v) is 10.6. The van der Waals surface area contributed by atoms with Gasteiger partial charge in [0.15, 0.2) is 0 Å². The minimum Gasteiger partial charge on any atom is -0.494 e. The lowest BCUT2D eigenvalue weighted by atomic mass is 10.1. The molecule has 0 aliphatic carbocycles. The second kappa shape index (κ2) is 7.29. The van der Waals surface area contributed by atoms with E-state index in [1.54, 1.807) is 0 Å². The normalized spacial score (nSPS) is 11.6. The average Bonchev–Trinajstić information content (AvgIpc) is 2.30. The summed E-state index contributed by atoms with van der Waals surface area (Å²) in [5.41, 5.74) is 1.25. The van der Waals surface area contributed by atoms with Crippen LogP contribution in [0, 0.1) is 0 Å². The molecule has 1 aromatic carbocycles. The Labute approximate surface area is 106 Å². The van der Waals surface area contributed by atoms with Crippen molar-refractivity contribution in [1.82, 2.24) is 0 Å². The van der Waals surface area contributed by atoms with Gasteiger partial charge in [0.1, 0.15) is 5.75 Å². The first-order valence-electron chi connectivity index (χ1n) is 6.30. The molecule has 0 aliphatic rings. The van der Waals surface area contributed by atoms with E-state index in [0.717, 1.165) is 18.6 Å². The maximum Gasteiger partial charge on any atom is 0.389 e. The Morgan fingerprint density at radius 3 is 2.28 bits per heavy atom. The Morgan fingerprint density at radius 1 is 1.06 bits per heavy atom. The van der Waals surface area contributed by atoms with Gasteiger partial charge in [0.2, 0.25) is 0 Å². The Morgan fingerprint density at radius 2 is 1.72 bits per heavy atom. The van der Waals surface area contributed by atoms with Crippen molar-refractivity contribution in [2.45, 2.75) is 45.2 Å². The molecule has 0 bridgehead atoms. The summed E-state index contributed by atoms with van der Waals surface area (Å²) in [5.74, 6) is 0.724. The number of ether oxygens (including phenoxy) is 1. The number of aryl methyl sites for hydroxylation is 1. The van der Waals surface area contributed by atoms with Crippen LogP contribution in [0.5, 0.6) is 5.75 Å². The van der Waals surface area contributed by atoms with Crippen LogP contribution in [0.1, 0.15) is 38.2 Å². The lowest BCUT2D eigenvalue weighted by Crippen LogP contribution is -2.07. The number of unbranched alkanes of at least 4 members (excludes halogenated alkanes) is 1. The number of rotatable bonds is 7. The van der Waals surface area contributed by atoms with Crippen LogP contribution in [-0.2, 0) is 6.42 Å². The van der Waals surface area contributed by atoms with E-state index >= 15 is 0 Å². The maximum atomic E-state index is 11.9. The van der Waals surface area contributed by atoms with Gasteiger partial charge in [0, 0.05) is 6.42 Å². The van der Waals surface area contributed by atoms with Crippen molar-refractivity contribution < 1.29 is 17.9 Å². The zero-order valence-electron chi connectivity index (χ0n) is 10.6. The molecule has 1 aromatic rings. The predicted octanol–water partition coefficient (Wildman–Crippen LogP) is 4.75. The lowest BCUT2D eigenvalue weighted by molar-refractivity contribution is -0.135. The predicted molar refractivity (Wildman–Crippen MR) is 65.8 cm³/mol. The first-order chi connectivity index (χ1) is 8.51. The van der Waals surface area contributed by atoms with Crippen LogP contribution in [0.25, 0.3) is 0 Å². The Kier molecular flexibility index (Phi) is 6.02. The van der Waals surface area contributed by atoms with E-state index in [4.69, 9.17) is 4.74 Å². The smallest absolute Gasteiger partial charge is 0.389 e. The van der Waals surface area contributed by atoms with E-state index in [0.29, 0.717) is 13.0 Å². The highest BCUT2D eigenvalue weighted by atomic mass is 19.4. The summed E-state index contributed by atoms with van der Waals surface area (Å²) in [6.07, 6.45) is -2.11. The molecule has 18 heavy (non-hydrogen) atoms. The van der Waals surface area contributed by atoms with Gasteiger partial charge in [0.25, 0.3) is 0 Å². The standard InChI is InChI=1S/C14H19F3O/c1-2-5-12-6-8-13(9-7-12)18-11-4-3-10-14(15,16)17/h6-9H,2-5,10-11H2,1H3. The molecular weight excluding hydrogens is 241 g/mol. The Hall–Kier alpha value is -1.19. The first kappa shape index (κ1) is 14.9. The molecule has 0 atom stereocenters. The summed E-state index contributed by atoms with van der Waals surface area (Å²) in [6, 6.07) is 7.73. The van der Waals surface area contributed by atoms with Crippen LogP contribution in [0.15, 0.2) is 24.3 Å². The molecule has 0 aliphatic heterocycles. The fourth-order valence-corrected chi connectivity index (χ4v) is 1.66. The van der Waals surface area contributed by atoms with Crippen molar-refractivity contribution in [3.8, 4) is 5.75 Å². The topological polar surface area (TPSA) is 9.23 Å². The molecular formula is C14H19F3O. The van der Waals surface area contributed by atoms with Gasteiger partial charge in [-0.1, -0.05) is 25.5 Å². The van der Waals surface area contributed by atoms with Crippen molar-refractivity contribution in [3.05, 3.63) is 29.8 Å². The van der Waals surface area contributed by atoms with Gasteiger partial charge in [-0.2, -0.15) is 13.2 Å². The van der Waals surface area contributed by atoms with Crippen molar-refractivity contribution in [1.29, 1.82) is 0 Å². The van der Waals surface area contributed by atoms with Crippen LogP contribution in [-0.4, -0.2) is 12.8 Å². The molecule has 0 amide bonds. The van der Waals surface area contributed by atoms with E-state index < -0.39 is 12.6 Å². The summed E-state index contributed by atoms with van der Waals surface area (Å²) >= 11 is 0. The fourth-order valence-electron chi connectivity index (χ4n) is 1.66. The monoisotopic (exact) mass is 260 g/mol. The van der Waals surface area contributed by atoms with Gasteiger partial charge in [-0.15, -0.1) is 0 Å². The number of benzene rings is 1. The summed E-state index contributed by atoms with van der Waals surface area (Å²) in [6.45, 7) is 2.45. The average molecular weight is 260 g/mol. The molecule has 0 saturated carbocycles. The van der Waals surface area contributed by atoms with Gasteiger partial charge in [-0.05, 0) is 37.0 Å². The van der Waals surface area contributed by atoms with Crippen molar-refractivity contribution in [2.75, 3.05) is 6.61 Å². The van der Waals surface area contributed by atoms with Gasteiger partial charge < -0.3 is 4.74 Å². The van der Waals surface area contributed by atoms with Crippen LogP contribution >= 0.6 is 0 Å². The molecule has 0 aromatic heterocycles. The third-order valence-electron chi connectivity index (χ3n) is 2.59. The Balaban J connectivity index is 2.19. The molecule has 102 valence electrons. The van der Waals surface area contributed by atoms with Crippen LogP contribution < -0.4 is 4.74 Å². The number of hydrogen-bond acceptors (Lipinski definition) is 1. The summed E-state index contributed by atoms with van der Waals surface area (Å²) < 4.78 is 41.0. The molecule has 4 heteroatoms. The highest BCUT2D eigenvalue weighted by molar-refractivity contribution is 5.27. The van der Waals surface area contributed by atoms with E-state index in [9.17, 15) is 13.2 Å². The van der Waals surface area contributed by atoms with Crippen molar-refractivity contribution in [3.63, 3.8) is 0 Å². The van der Waals surface area contributed by atoms with Crippen LogP contribution in [0.2, 0.25) is 0 Å². The van der Waals surface area contributed by atoms with E-state index in [1.807, 2.05) is 24.3 Å². The number of alkyl halides is 3. The molecule has 0 fully saturated rings. The molecule has 0 heterocycles. The zero-order chi connectivity index (χ0) is 13.4. The quantitative estimate of drug-likeness (QED) is 0.643. The molecule has 0 unspecified atom stereocenters. The largest absolute Gasteiger partial charge is 0.494 e. The van der Waals surface area contributed by atoms with Crippen LogP contribution in [0.4, 0.5) is 13.2 Å². The maximum absolute atomic E-state index is 11.9. The van der Waals surface area contributed by atoms with Gasteiger partial charge in [-0.25, -0.2) is 0 Å². The Bertz CT molecular complexity index is 330. The van der Waals surface area contributed by atoms with Gasteiger partial charge >= 0.3 is 6.18 Å². The molecule has 0 N–H and O–H groups in total. The second-order valence-corrected chi connectivity index (χ2v) is 4.31. The van der Waals surface area contributed by atoms with E-state index in [1.165, 1.54) is 5.56 Å². The minimum absolute atomic E-state index is 0.122. The SMILES string of the molecule is CCCc1ccc(OCCCCC(F)(F)F)cc1. The summed E-state index contributed by atoms with van der Waals surface area (Å²) in [7, 11) is 0. The lowest BCUT2D eigenvalue weighted by Gasteiger charge is -2.08. The first-order valence-corrected chi connectivity index (χ1v) is 6.30. The number of hydrogen-bond donors (Lipinski definition) is 0. The van der Waals surface area contributed by atoms with E-state index in [2.05, 4.69) is 6.92 Å². The molecule has 0 spiro atoms. The summed E-state index contributed by atoms with van der Waals surface area (Å²) in [4.78, 5) is 0. The minimum atomic E-state index is -4.05. The molecule has 1 nitrogen and oxygen atoms in total. The van der Waals surface area contributed by atoms with Crippen molar-refractivity contribution in [2.24, 2.45) is 0 Å². The van der Waals surface area contributed by atoms with E-state index in [-0.39, 0.29) is 6.42 Å². The second-order valence-electron chi connectivity index (χ2n) is 4.31. The molecule has 0 saturated heterocycles. The third-order valence-corrected chi connectivity index (χ3v) is 2.59. The van der Waals surface area contributed by atoms with Gasteiger partial charge in [-0.3, -0.25) is 0 Å². The molecule has 0 radical (unpaired) electrons. The summed E-state index contributed by atoms with van der Waals surface area (Å²) in [5, 5.41) is 0. The van der Waals surface area contributed by atoms with Gasteiger partial charge in [0.05, 0.1) is 6.61 Å². The third kappa shape index (κ3) is 6.52.